The van der Waals surface area contributed by atoms with Crippen molar-refractivity contribution < 1.29 is 18.3 Å². The molecule has 0 aromatic carbocycles. The number of carboxylic acids is 1. The highest BCUT2D eigenvalue weighted by molar-refractivity contribution is 7.91. The molecule has 6 nitrogen and oxygen atoms in total. The van der Waals surface area contributed by atoms with Gasteiger partial charge in [-0.25, -0.2) is 17.9 Å². The molecule has 3 rings (SSSR count). The molecule has 0 unspecified atom stereocenters. The van der Waals surface area contributed by atoms with E-state index in [1.165, 1.54) is 11.3 Å². The minimum Gasteiger partial charge on any atom is -0.478 e. The van der Waals surface area contributed by atoms with Crippen molar-refractivity contribution in [2.45, 2.75) is 23.7 Å². The number of nitrogens with one attached hydrogen (secondary N) is 2. The Morgan fingerprint density at radius 2 is 2.27 bits per heavy atom. The zero-order valence-electron chi connectivity index (χ0n) is 11.5. The summed E-state index contributed by atoms with van der Waals surface area (Å²) in [5.74, 6) is -1.18. The van der Waals surface area contributed by atoms with Crippen molar-refractivity contribution in [3.63, 3.8) is 0 Å². The molecule has 3 heterocycles. The summed E-state index contributed by atoms with van der Waals surface area (Å²) in [5.41, 5.74) is 1.43. The van der Waals surface area contributed by atoms with Gasteiger partial charge in [-0.2, -0.15) is 11.3 Å². The van der Waals surface area contributed by atoms with Crippen LogP contribution in [0.25, 0.3) is 0 Å². The summed E-state index contributed by atoms with van der Waals surface area (Å²) in [7, 11) is -3.84. The minimum absolute atomic E-state index is 0.0701. The summed E-state index contributed by atoms with van der Waals surface area (Å²) in [6.45, 7) is 1.33. The van der Waals surface area contributed by atoms with E-state index >= 15 is 0 Å². The molecule has 0 atom stereocenters. The molecule has 22 heavy (non-hydrogen) atoms. The quantitative estimate of drug-likeness (QED) is 0.755. The van der Waals surface area contributed by atoms with Crippen LogP contribution in [0.15, 0.2) is 21.0 Å². The van der Waals surface area contributed by atoms with Gasteiger partial charge in [0.25, 0.3) is 10.0 Å². The van der Waals surface area contributed by atoms with Gasteiger partial charge in [0.15, 0.2) is 0 Å². The molecule has 0 aliphatic carbocycles. The van der Waals surface area contributed by atoms with Crippen LogP contribution < -0.4 is 10.0 Å². The van der Waals surface area contributed by atoms with Gasteiger partial charge in [0.2, 0.25) is 0 Å². The van der Waals surface area contributed by atoms with Gasteiger partial charge in [0, 0.05) is 18.0 Å². The minimum atomic E-state index is -3.84. The van der Waals surface area contributed by atoms with Gasteiger partial charge >= 0.3 is 5.97 Å². The van der Waals surface area contributed by atoms with Gasteiger partial charge in [-0.05, 0) is 40.9 Å². The zero-order chi connectivity index (χ0) is 15.7. The first-order valence-corrected chi connectivity index (χ1v) is 9.82. The molecule has 2 aromatic heterocycles. The first kappa shape index (κ1) is 15.6. The standard InChI is InChI=1S/C13H14N2O4S3/c16-12(17)11-9-1-3-14-6-10(9)21-13(11)22(18,19)15-5-8-2-4-20-7-8/h2,4,7,14-15H,1,3,5-6H2,(H,16,17). The summed E-state index contributed by atoms with van der Waals surface area (Å²) in [5, 5.41) is 16.3. The number of thiophene rings is 2. The molecule has 3 N–H and O–H groups in total. The van der Waals surface area contributed by atoms with E-state index in [1.807, 2.05) is 16.8 Å². The molecule has 0 saturated carbocycles. The number of rotatable bonds is 5. The number of fused-ring (bicyclic) bond motifs is 1. The summed E-state index contributed by atoms with van der Waals surface area (Å²) < 4.78 is 27.4. The molecular weight excluding hydrogens is 344 g/mol. The third kappa shape index (κ3) is 2.95. The third-order valence-electron chi connectivity index (χ3n) is 3.40. The Kier molecular flexibility index (Phi) is 4.33. The third-order valence-corrected chi connectivity index (χ3v) is 7.28. The second kappa shape index (κ2) is 6.09. The molecule has 0 bridgehead atoms. The van der Waals surface area contributed by atoms with Crippen molar-refractivity contribution in [1.82, 2.24) is 10.0 Å². The molecule has 0 radical (unpaired) electrons. The lowest BCUT2D eigenvalue weighted by Crippen LogP contribution is -2.25. The molecule has 0 saturated heterocycles. The van der Waals surface area contributed by atoms with Crippen LogP contribution in [-0.4, -0.2) is 26.0 Å². The maximum atomic E-state index is 12.5. The van der Waals surface area contributed by atoms with Gasteiger partial charge in [-0.1, -0.05) is 0 Å². The van der Waals surface area contributed by atoms with E-state index in [0.717, 1.165) is 21.8 Å². The number of carboxylic acid groups (broad SMARTS) is 1. The predicted octanol–water partition coefficient (Wildman–Crippen LogP) is 1.63. The van der Waals surface area contributed by atoms with E-state index in [9.17, 15) is 18.3 Å². The largest absolute Gasteiger partial charge is 0.478 e. The summed E-state index contributed by atoms with van der Waals surface area (Å²) in [4.78, 5) is 12.3. The fourth-order valence-corrected chi connectivity index (χ4v) is 5.94. The monoisotopic (exact) mass is 358 g/mol. The molecular formula is C13H14N2O4S3. The molecule has 0 fully saturated rings. The van der Waals surface area contributed by atoms with Crippen molar-refractivity contribution in [3.05, 3.63) is 38.4 Å². The Balaban J connectivity index is 1.95. The average Bonchev–Trinajstić information content (AvgIpc) is 3.12. The molecule has 1 aliphatic heterocycles. The predicted molar refractivity (Wildman–Crippen MR) is 85.0 cm³/mol. The summed E-state index contributed by atoms with van der Waals surface area (Å²) >= 11 is 2.52. The lowest BCUT2D eigenvalue weighted by molar-refractivity contribution is 0.0692. The smallest absolute Gasteiger partial charge is 0.338 e. The number of sulfonamides is 1. The first-order chi connectivity index (χ1) is 10.5. The van der Waals surface area contributed by atoms with Crippen LogP contribution in [0.1, 0.15) is 26.4 Å². The Bertz CT molecular complexity index is 794. The highest BCUT2D eigenvalue weighted by atomic mass is 32.2. The van der Waals surface area contributed by atoms with E-state index in [-0.39, 0.29) is 16.3 Å². The van der Waals surface area contributed by atoms with Crippen LogP contribution in [0.4, 0.5) is 0 Å². The van der Waals surface area contributed by atoms with E-state index in [4.69, 9.17) is 0 Å². The van der Waals surface area contributed by atoms with Crippen LogP contribution in [0.2, 0.25) is 0 Å². The molecule has 2 aromatic rings. The number of hydrogen-bond acceptors (Lipinski definition) is 6. The fourth-order valence-electron chi connectivity index (χ4n) is 2.35. The Hall–Kier alpha value is -1.26. The van der Waals surface area contributed by atoms with Gasteiger partial charge in [0.1, 0.15) is 4.21 Å². The van der Waals surface area contributed by atoms with E-state index in [0.29, 0.717) is 25.1 Å². The van der Waals surface area contributed by atoms with Gasteiger partial charge in [-0.15, -0.1) is 11.3 Å². The van der Waals surface area contributed by atoms with Crippen molar-refractivity contribution in [1.29, 1.82) is 0 Å². The highest BCUT2D eigenvalue weighted by Gasteiger charge is 2.31. The molecule has 0 amide bonds. The molecule has 0 spiro atoms. The van der Waals surface area contributed by atoms with Crippen molar-refractivity contribution in [2.75, 3.05) is 6.54 Å². The summed E-state index contributed by atoms with van der Waals surface area (Å²) in [6.07, 6.45) is 0.535. The van der Waals surface area contributed by atoms with Crippen LogP contribution >= 0.6 is 22.7 Å². The van der Waals surface area contributed by atoms with Crippen molar-refractivity contribution in [2.24, 2.45) is 0 Å². The van der Waals surface area contributed by atoms with Crippen molar-refractivity contribution in [3.8, 4) is 0 Å². The van der Waals surface area contributed by atoms with Crippen LogP contribution in [-0.2, 0) is 29.5 Å². The van der Waals surface area contributed by atoms with Crippen LogP contribution in [0, 0.1) is 0 Å². The number of hydrogen-bond donors (Lipinski definition) is 3. The van der Waals surface area contributed by atoms with E-state index in [2.05, 4.69) is 10.0 Å². The SMILES string of the molecule is O=C(O)c1c(S(=O)(=O)NCc2ccsc2)sc2c1CCNC2. The fraction of sp³-hybridized carbons (Fsp3) is 0.308. The normalized spacial score (nSPS) is 14.7. The van der Waals surface area contributed by atoms with Crippen LogP contribution in [0.5, 0.6) is 0 Å². The lowest BCUT2D eigenvalue weighted by Gasteiger charge is -2.12. The maximum absolute atomic E-state index is 12.5. The van der Waals surface area contributed by atoms with Gasteiger partial charge in [0.05, 0.1) is 5.56 Å². The molecule has 9 heteroatoms. The lowest BCUT2D eigenvalue weighted by atomic mass is 10.1. The average molecular weight is 358 g/mol. The Morgan fingerprint density at radius 1 is 1.45 bits per heavy atom. The van der Waals surface area contributed by atoms with Crippen LogP contribution in [0.3, 0.4) is 0 Å². The maximum Gasteiger partial charge on any atom is 0.338 e. The summed E-state index contributed by atoms with van der Waals surface area (Å²) in [6, 6.07) is 1.83. The number of carbonyl (C=O) groups is 1. The Morgan fingerprint density at radius 3 is 2.95 bits per heavy atom. The molecule has 1 aliphatic rings. The second-order valence-corrected chi connectivity index (χ2v) is 8.70. The number of aromatic carboxylic acids is 1. The van der Waals surface area contributed by atoms with Crippen molar-refractivity contribution >= 4 is 38.7 Å². The van der Waals surface area contributed by atoms with Gasteiger partial charge in [-0.3, -0.25) is 0 Å². The van der Waals surface area contributed by atoms with Gasteiger partial charge < -0.3 is 10.4 Å². The Labute approximate surface area is 135 Å². The topological polar surface area (TPSA) is 95.5 Å². The van der Waals surface area contributed by atoms with E-state index in [1.54, 1.807) is 0 Å². The second-order valence-electron chi connectivity index (χ2n) is 4.85. The first-order valence-electron chi connectivity index (χ1n) is 6.58. The van der Waals surface area contributed by atoms with E-state index < -0.39 is 16.0 Å². The molecule has 118 valence electrons. The zero-order valence-corrected chi connectivity index (χ0v) is 13.9. The highest BCUT2D eigenvalue weighted by Crippen LogP contribution is 2.34.